The Labute approximate surface area is 105 Å². The van der Waals surface area contributed by atoms with Gasteiger partial charge in [0.05, 0.1) is 6.26 Å². The Balaban J connectivity index is 1.87. The van der Waals surface area contributed by atoms with E-state index in [4.69, 9.17) is 4.42 Å². The highest BCUT2D eigenvalue weighted by Crippen LogP contribution is 2.01. The van der Waals surface area contributed by atoms with Crippen molar-refractivity contribution in [3.63, 3.8) is 0 Å². The number of furan rings is 1. The molecule has 0 spiro atoms. The summed E-state index contributed by atoms with van der Waals surface area (Å²) in [6, 6.07) is 5.23. The second kappa shape index (κ2) is 5.44. The molecule has 2 aromatic heterocycles. The lowest BCUT2D eigenvalue weighted by Crippen LogP contribution is -2.25. The summed E-state index contributed by atoms with van der Waals surface area (Å²) in [7, 11) is 0. The molecule has 0 atom stereocenters. The topological polar surface area (TPSA) is 68.0 Å². The molecule has 2 rings (SSSR count). The first-order valence-corrected chi connectivity index (χ1v) is 5.78. The van der Waals surface area contributed by atoms with Crippen LogP contribution in [0.25, 0.3) is 0 Å². The summed E-state index contributed by atoms with van der Waals surface area (Å²) in [5.41, 5.74) is 1.88. The number of aromatic nitrogens is 2. The minimum atomic E-state index is -0.218. The number of nitrogens with zero attached hydrogens (tertiary/aromatic N) is 2. The van der Waals surface area contributed by atoms with E-state index in [9.17, 15) is 4.79 Å². The van der Waals surface area contributed by atoms with Crippen molar-refractivity contribution < 1.29 is 9.21 Å². The van der Waals surface area contributed by atoms with Gasteiger partial charge in [-0.1, -0.05) is 0 Å². The number of amides is 1. The van der Waals surface area contributed by atoms with Crippen LogP contribution in [0.2, 0.25) is 0 Å². The van der Waals surface area contributed by atoms with Crippen LogP contribution < -0.4 is 5.32 Å². The number of hydrogen-bond acceptors (Lipinski definition) is 4. The fourth-order valence-electron chi connectivity index (χ4n) is 1.69. The molecule has 0 aromatic carbocycles. The van der Waals surface area contributed by atoms with Crippen molar-refractivity contribution in [1.29, 1.82) is 0 Å². The van der Waals surface area contributed by atoms with E-state index in [1.165, 1.54) is 6.26 Å². The summed E-state index contributed by atoms with van der Waals surface area (Å²) in [5, 5.41) is 2.76. The third kappa shape index (κ3) is 3.16. The average Bonchev–Trinajstić information content (AvgIpc) is 2.80. The molecule has 2 heterocycles. The average molecular weight is 245 g/mol. The Morgan fingerprint density at radius 3 is 2.67 bits per heavy atom. The van der Waals surface area contributed by atoms with Crippen molar-refractivity contribution >= 4 is 5.91 Å². The van der Waals surface area contributed by atoms with Gasteiger partial charge in [-0.2, -0.15) is 0 Å². The van der Waals surface area contributed by atoms with Gasteiger partial charge in [0.15, 0.2) is 5.76 Å². The minimum absolute atomic E-state index is 0.218. The molecule has 1 amide bonds. The molecule has 94 valence electrons. The summed E-state index contributed by atoms with van der Waals surface area (Å²) in [4.78, 5) is 20.2. The van der Waals surface area contributed by atoms with Gasteiger partial charge in [0.25, 0.3) is 5.91 Å². The molecule has 18 heavy (non-hydrogen) atoms. The second-order valence-corrected chi connectivity index (χ2v) is 4.05. The van der Waals surface area contributed by atoms with Crippen molar-refractivity contribution in [2.45, 2.75) is 20.3 Å². The Morgan fingerprint density at radius 2 is 2.06 bits per heavy atom. The molecule has 5 nitrogen and oxygen atoms in total. The van der Waals surface area contributed by atoms with Crippen molar-refractivity contribution in [3.8, 4) is 0 Å². The molecule has 0 saturated carbocycles. The van der Waals surface area contributed by atoms with E-state index in [1.807, 2.05) is 19.9 Å². The highest BCUT2D eigenvalue weighted by molar-refractivity contribution is 5.91. The molecular weight excluding hydrogens is 230 g/mol. The zero-order chi connectivity index (χ0) is 13.0. The van der Waals surface area contributed by atoms with Gasteiger partial charge in [-0.3, -0.25) is 4.79 Å². The number of hydrogen-bond donors (Lipinski definition) is 1. The standard InChI is InChI=1S/C13H15N3O2/c1-9-8-10(2)16-12(15-9)5-6-14-13(17)11-4-3-7-18-11/h3-4,7-8H,5-6H2,1-2H3,(H,14,17). The van der Waals surface area contributed by atoms with E-state index >= 15 is 0 Å². The van der Waals surface area contributed by atoms with E-state index in [0.717, 1.165) is 17.2 Å². The Bertz CT molecular complexity index is 515. The number of nitrogens with one attached hydrogen (secondary N) is 1. The van der Waals surface area contributed by atoms with E-state index in [2.05, 4.69) is 15.3 Å². The maximum atomic E-state index is 11.6. The summed E-state index contributed by atoms with van der Waals surface area (Å²) < 4.78 is 4.99. The lowest BCUT2D eigenvalue weighted by Gasteiger charge is -2.04. The Morgan fingerprint density at radius 1 is 1.33 bits per heavy atom. The Hall–Kier alpha value is -2.17. The molecular formula is C13H15N3O2. The normalized spacial score (nSPS) is 10.3. The van der Waals surface area contributed by atoms with Crippen LogP contribution in [0, 0.1) is 13.8 Å². The monoisotopic (exact) mass is 245 g/mol. The number of aryl methyl sites for hydroxylation is 2. The van der Waals surface area contributed by atoms with Gasteiger partial charge in [0, 0.05) is 24.4 Å². The zero-order valence-corrected chi connectivity index (χ0v) is 10.4. The van der Waals surface area contributed by atoms with Gasteiger partial charge < -0.3 is 9.73 Å². The summed E-state index contributed by atoms with van der Waals surface area (Å²) in [5.74, 6) is 0.841. The van der Waals surface area contributed by atoms with E-state index in [-0.39, 0.29) is 5.91 Å². The molecule has 0 unspecified atom stereocenters. The van der Waals surface area contributed by atoms with Gasteiger partial charge in [-0.05, 0) is 32.0 Å². The highest BCUT2D eigenvalue weighted by Gasteiger charge is 2.07. The molecule has 0 fully saturated rings. The molecule has 5 heteroatoms. The lowest BCUT2D eigenvalue weighted by molar-refractivity contribution is 0.0926. The van der Waals surface area contributed by atoms with Crippen LogP contribution in [0.5, 0.6) is 0 Å². The third-order valence-corrected chi connectivity index (χ3v) is 2.41. The summed E-state index contributed by atoms with van der Waals surface area (Å²) in [6.07, 6.45) is 2.08. The molecule has 0 radical (unpaired) electrons. The van der Waals surface area contributed by atoms with E-state index < -0.39 is 0 Å². The number of carbonyl (C=O) groups excluding carboxylic acids is 1. The lowest BCUT2D eigenvalue weighted by atomic mass is 10.3. The molecule has 1 N–H and O–H groups in total. The maximum absolute atomic E-state index is 11.6. The van der Waals surface area contributed by atoms with Crippen LogP contribution in [-0.4, -0.2) is 22.4 Å². The van der Waals surface area contributed by atoms with Crippen molar-refractivity contribution in [2.75, 3.05) is 6.54 Å². The Kier molecular flexibility index (Phi) is 3.72. The number of rotatable bonds is 4. The molecule has 0 aliphatic rings. The van der Waals surface area contributed by atoms with Crippen LogP contribution in [0.4, 0.5) is 0 Å². The van der Waals surface area contributed by atoms with Crippen LogP contribution in [0.15, 0.2) is 28.9 Å². The first kappa shape index (κ1) is 12.3. The van der Waals surface area contributed by atoms with Gasteiger partial charge in [0.1, 0.15) is 5.82 Å². The van der Waals surface area contributed by atoms with Crippen LogP contribution in [-0.2, 0) is 6.42 Å². The molecule has 0 aliphatic heterocycles. The molecule has 0 bridgehead atoms. The van der Waals surface area contributed by atoms with E-state index in [1.54, 1.807) is 12.1 Å². The van der Waals surface area contributed by atoms with E-state index in [0.29, 0.717) is 18.7 Å². The fraction of sp³-hybridized carbons (Fsp3) is 0.308. The largest absolute Gasteiger partial charge is 0.459 e. The van der Waals surface area contributed by atoms with Crippen LogP contribution in [0.3, 0.4) is 0 Å². The SMILES string of the molecule is Cc1cc(C)nc(CCNC(=O)c2ccco2)n1. The van der Waals surface area contributed by atoms with Gasteiger partial charge in [-0.25, -0.2) is 9.97 Å². The zero-order valence-electron chi connectivity index (χ0n) is 10.4. The fourth-order valence-corrected chi connectivity index (χ4v) is 1.69. The highest BCUT2D eigenvalue weighted by atomic mass is 16.3. The van der Waals surface area contributed by atoms with Crippen LogP contribution in [0.1, 0.15) is 27.8 Å². The van der Waals surface area contributed by atoms with Gasteiger partial charge >= 0.3 is 0 Å². The smallest absolute Gasteiger partial charge is 0.286 e. The first-order valence-electron chi connectivity index (χ1n) is 5.78. The second-order valence-electron chi connectivity index (χ2n) is 4.05. The quantitative estimate of drug-likeness (QED) is 0.889. The van der Waals surface area contributed by atoms with Crippen molar-refractivity contribution in [3.05, 3.63) is 47.4 Å². The predicted octanol–water partition coefficient (Wildman–Crippen LogP) is 1.66. The van der Waals surface area contributed by atoms with Gasteiger partial charge in [-0.15, -0.1) is 0 Å². The minimum Gasteiger partial charge on any atom is -0.459 e. The maximum Gasteiger partial charge on any atom is 0.286 e. The molecule has 2 aromatic rings. The summed E-state index contributed by atoms with van der Waals surface area (Å²) in [6.45, 7) is 4.35. The first-order chi connectivity index (χ1) is 8.65. The third-order valence-electron chi connectivity index (χ3n) is 2.41. The number of carbonyl (C=O) groups is 1. The predicted molar refractivity (Wildman–Crippen MR) is 66.3 cm³/mol. The molecule has 0 saturated heterocycles. The van der Waals surface area contributed by atoms with Crippen molar-refractivity contribution in [1.82, 2.24) is 15.3 Å². The van der Waals surface area contributed by atoms with Crippen molar-refractivity contribution in [2.24, 2.45) is 0 Å². The molecule has 0 aliphatic carbocycles. The van der Waals surface area contributed by atoms with Crippen LogP contribution >= 0.6 is 0 Å². The summed E-state index contributed by atoms with van der Waals surface area (Å²) >= 11 is 0. The van der Waals surface area contributed by atoms with Gasteiger partial charge in [0.2, 0.25) is 0 Å².